The van der Waals surface area contributed by atoms with Crippen LogP contribution >= 0.6 is 0 Å². The Morgan fingerprint density at radius 3 is 2.23 bits per heavy atom. The van der Waals surface area contributed by atoms with Crippen molar-refractivity contribution in [3.63, 3.8) is 0 Å². The normalized spacial score (nSPS) is 38.8. The molecule has 2 rings (SSSR count). The highest BCUT2D eigenvalue weighted by Crippen LogP contribution is 2.39. The van der Waals surface area contributed by atoms with Crippen LogP contribution in [0.2, 0.25) is 0 Å². The second-order valence-electron chi connectivity index (χ2n) is 4.23. The molecule has 1 N–H and O–H groups in total. The molecule has 2 fully saturated rings. The molecule has 0 spiro atoms. The number of ketones is 1. The Balaban J connectivity index is 2.11. The number of hydrogen-bond acceptors (Lipinski definition) is 2. The summed E-state index contributed by atoms with van der Waals surface area (Å²) in [6.45, 7) is 0. The quantitative estimate of drug-likeness (QED) is 0.668. The van der Waals surface area contributed by atoms with Gasteiger partial charge in [0.05, 0.1) is 5.92 Å². The summed E-state index contributed by atoms with van der Waals surface area (Å²) in [5, 5.41) is 8.87. The molecule has 0 heterocycles. The van der Waals surface area contributed by atoms with Gasteiger partial charge >= 0.3 is 5.97 Å². The van der Waals surface area contributed by atoms with Crippen LogP contribution in [0.3, 0.4) is 0 Å². The Bertz CT molecular complexity index is 231. The van der Waals surface area contributed by atoms with Crippen LogP contribution in [0.15, 0.2) is 0 Å². The first kappa shape index (κ1) is 8.73. The maximum absolute atomic E-state index is 11.6. The van der Waals surface area contributed by atoms with Crippen molar-refractivity contribution in [2.75, 3.05) is 0 Å². The summed E-state index contributed by atoms with van der Waals surface area (Å²) >= 11 is 0. The van der Waals surface area contributed by atoms with E-state index in [0.29, 0.717) is 18.6 Å². The first-order valence-electron chi connectivity index (χ1n) is 4.95. The van der Waals surface area contributed by atoms with Gasteiger partial charge in [-0.1, -0.05) is 6.42 Å². The van der Waals surface area contributed by atoms with Gasteiger partial charge in [-0.05, 0) is 25.7 Å². The lowest BCUT2D eigenvalue weighted by atomic mass is 9.67. The van der Waals surface area contributed by atoms with Gasteiger partial charge in [-0.25, -0.2) is 0 Å². The van der Waals surface area contributed by atoms with Crippen molar-refractivity contribution in [3.05, 3.63) is 0 Å². The molecule has 2 atom stereocenters. The molecule has 0 amide bonds. The van der Waals surface area contributed by atoms with Crippen molar-refractivity contribution < 1.29 is 14.7 Å². The molecule has 2 saturated carbocycles. The number of hydrogen-bond donors (Lipinski definition) is 1. The van der Waals surface area contributed by atoms with Crippen molar-refractivity contribution in [2.45, 2.75) is 32.1 Å². The summed E-state index contributed by atoms with van der Waals surface area (Å²) in [6.07, 6.45) is 4.11. The number of carboxylic acids is 1. The van der Waals surface area contributed by atoms with Crippen molar-refractivity contribution in [1.29, 1.82) is 0 Å². The molecule has 72 valence electrons. The number of carbonyl (C=O) groups is 2. The molecule has 3 heteroatoms. The van der Waals surface area contributed by atoms with E-state index in [4.69, 9.17) is 5.11 Å². The number of carbonyl (C=O) groups excluding carboxylic acids is 1. The van der Waals surface area contributed by atoms with Gasteiger partial charge in [-0.2, -0.15) is 0 Å². The lowest BCUT2D eigenvalue weighted by molar-refractivity contribution is -0.147. The van der Waals surface area contributed by atoms with E-state index in [9.17, 15) is 9.59 Å². The van der Waals surface area contributed by atoms with E-state index in [-0.39, 0.29) is 17.8 Å². The zero-order valence-corrected chi connectivity index (χ0v) is 7.53. The fourth-order valence-corrected chi connectivity index (χ4v) is 2.68. The highest BCUT2D eigenvalue weighted by Gasteiger charge is 2.41. The number of Topliss-reactive ketones (excluding diaryl/α,β-unsaturated/α-hetero) is 1. The maximum Gasteiger partial charge on any atom is 0.306 e. The van der Waals surface area contributed by atoms with E-state index in [0.717, 1.165) is 19.3 Å². The summed E-state index contributed by atoms with van der Waals surface area (Å²) < 4.78 is 0. The molecule has 0 radical (unpaired) electrons. The van der Waals surface area contributed by atoms with Crippen LogP contribution in [-0.4, -0.2) is 16.9 Å². The average molecular weight is 182 g/mol. The van der Waals surface area contributed by atoms with Crippen LogP contribution in [0.5, 0.6) is 0 Å². The lowest BCUT2D eigenvalue weighted by Crippen LogP contribution is -2.38. The monoisotopic (exact) mass is 182 g/mol. The van der Waals surface area contributed by atoms with Crippen molar-refractivity contribution in [2.24, 2.45) is 17.8 Å². The predicted octanol–water partition coefficient (Wildman–Crippen LogP) is 1.47. The van der Waals surface area contributed by atoms with Gasteiger partial charge in [-0.3, -0.25) is 9.59 Å². The van der Waals surface area contributed by atoms with Gasteiger partial charge < -0.3 is 5.11 Å². The number of aliphatic carboxylic acids is 1. The van der Waals surface area contributed by atoms with Crippen LogP contribution in [0, 0.1) is 17.8 Å². The van der Waals surface area contributed by atoms with Crippen molar-refractivity contribution in [1.82, 2.24) is 0 Å². The van der Waals surface area contributed by atoms with E-state index < -0.39 is 5.97 Å². The zero-order chi connectivity index (χ0) is 9.42. The van der Waals surface area contributed by atoms with Crippen molar-refractivity contribution >= 4 is 11.8 Å². The molecule has 2 bridgehead atoms. The van der Waals surface area contributed by atoms with Crippen LogP contribution < -0.4 is 0 Å². The van der Waals surface area contributed by atoms with Gasteiger partial charge in [0.15, 0.2) is 0 Å². The SMILES string of the molecule is O=C(O)C1CC2CCCC(C1)C2=O. The first-order chi connectivity index (χ1) is 6.18. The van der Waals surface area contributed by atoms with E-state index in [1.807, 2.05) is 0 Å². The lowest BCUT2D eigenvalue weighted by Gasteiger charge is -2.35. The third-order valence-corrected chi connectivity index (χ3v) is 3.40. The zero-order valence-electron chi connectivity index (χ0n) is 7.53. The Kier molecular flexibility index (Phi) is 2.10. The molecule has 0 aromatic rings. The minimum Gasteiger partial charge on any atom is -0.481 e. The molecular formula is C10H14O3. The molecule has 2 unspecified atom stereocenters. The highest BCUT2D eigenvalue weighted by molar-refractivity contribution is 5.86. The molecule has 2 aliphatic rings. The largest absolute Gasteiger partial charge is 0.481 e. The summed E-state index contributed by atoms with van der Waals surface area (Å²) in [5.74, 6) is -0.511. The minimum atomic E-state index is -0.718. The van der Waals surface area contributed by atoms with E-state index in [1.54, 1.807) is 0 Å². The van der Waals surface area contributed by atoms with Crippen molar-refractivity contribution in [3.8, 4) is 0 Å². The fraction of sp³-hybridized carbons (Fsp3) is 0.800. The Morgan fingerprint density at radius 1 is 1.23 bits per heavy atom. The molecule has 13 heavy (non-hydrogen) atoms. The van der Waals surface area contributed by atoms with E-state index in [1.165, 1.54) is 0 Å². The smallest absolute Gasteiger partial charge is 0.306 e. The van der Waals surface area contributed by atoms with Crippen LogP contribution in [0.4, 0.5) is 0 Å². The van der Waals surface area contributed by atoms with Gasteiger partial charge in [0, 0.05) is 11.8 Å². The second-order valence-corrected chi connectivity index (χ2v) is 4.23. The van der Waals surface area contributed by atoms with Gasteiger partial charge in [-0.15, -0.1) is 0 Å². The minimum absolute atomic E-state index is 0.0635. The average Bonchev–Trinajstić information content (AvgIpc) is 2.02. The van der Waals surface area contributed by atoms with Crippen LogP contribution in [0.25, 0.3) is 0 Å². The molecule has 0 aromatic heterocycles. The van der Waals surface area contributed by atoms with Gasteiger partial charge in [0.25, 0.3) is 0 Å². The molecule has 0 aliphatic heterocycles. The Hall–Kier alpha value is -0.860. The summed E-state index contributed by atoms with van der Waals surface area (Å²) in [7, 11) is 0. The fourth-order valence-electron chi connectivity index (χ4n) is 2.68. The molecule has 3 nitrogen and oxygen atoms in total. The van der Waals surface area contributed by atoms with Crippen LogP contribution in [0.1, 0.15) is 32.1 Å². The Morgan fingerprint density at radius 2 is 1.77 bits per heavy atom. The standard InChI is InChI=1S/C10H14O3/c11-9-6-2-1-3-7(9)5-8(4-6)10(12)13/h6-8H,1-5H2,(H,12,13). The number of fused-ring (bicyclic) bond motifs is 2. The summed E-state index contributed by atoms with van der Waals surface area (Å²) in [6, 6.07) is 0. The van der Waals surface area contributed by atoms with E-state index in [2.05, 4.69) is 0 Å². The third kappa shape index (κ3) is 1.47. The maximum atomic E-state index is 11.6. The van der Waals surface area contributed by atoms with Gasteiger partial charge in [0.1, 0.15) is 5.78 Å². The second kappa shape index (κ2) is 3.13. The number of carboxylic acid groups (broad SMARTS) is 1. The molecular weight excluding hydrogens is 168 g/mol. The predicted molar refractivity (Wildman–Crippen MR) is 46.2 cm³/mol. The molecule has 2 aliphatic carbocycles. The summed E-state index contributed by atoms with van der Waals surface area (Å²) in [4.78, 5) is 22.4. The Labute approximate surface area is 77.1 Å². The van der Waals surface area contributed by atoms with Crippen LogP contribution in [-0.2, 0) is 9.59 Å². The third-order valence-electron chi connectivity index (χ3n) is 3.40. The highest BCUT2D eigenvalue weighted by atomic mass is 16.4. The topological polar surface area (TPSA) is 54.4 Å². The molecule has 0 saturated heterocycles. The van der Waals surface area contributed by atoms with Gasteiger partial charge in [0.2, 0.25) is 0 Å². The number of rotatable bonds is 1. The molecule has 0 aromatic carbocycles. The first-order valence-corrected chi connectivity index (χ1v) is 4.95. The summed E-state index contributed by atoms with van der Waals surface area (Å²) in [5.41, 5.74) is 0. The van der Waals surface area contributed by atoms with E-state index >= 15 is 0 Å².